The summed E-state index contributed by atoms with van der Waals surface area (Å²) in [6, 6.07) is 7.68. The van der Waals surface area contributed by atoms with Crippen LogP contribution in [0.2, 0.25) is 0 Å². The first-order chi connectivity index (χ1) is 31.1. The molecule has 4 heterocycles. The molecule has 1 aromatic heterocycles. The van der Waals surface area contributed by atoms with E-state index in [1.807, 2.05) is 36.5 Å². The largest absolute Gasteiger partial charge is 0.489 e. The standard InChI is InChI=1S/C50H60N2O12/c1-3-61-49(58)48-37(26-54)42(31-20-32(25-53)44(57)35(21-31)28-10-11-40-29(19-28)12-15-51-40)43-46(62-34-9-4-8-33(56)22-34)36-23-41(63-45(36)38(27-55)47(43)64-48)50(59)14-5-7-30-24-52(16-6-18-60-2)17-13-39(30)50/h5,7,10-12,15,19,26,30,32-35,39,41,51,53,55-56,59H,3-4,6,8-9,13-14,16-18,20-25,27H2,1-2H3. The summed E-state index contributed by atoms with van der Waals surface area (Å²) in [4.78, 5) is 47.3. The van der Waals surface area contributed by atoms with Crippen LogP contribution in [0.25, 0.3) is 16.5 Å². The smallest absolute Gasteiger partial charge is 0.375 e. The van der Waals surface area contributed by atoms with Crippen LogP contribution in [0, 0.1) is 17.8 Å². The van der Waals surface area contributed by atoms with Gasteiger partial charge in [-0.1, -0.05) is 23.8 Å². The van der Waals surface area contributed by atoms with Crippen molar-refractivity contribution in [1.82, 2.24) is 9.88 Å². The lowest BCUT2D eigenvalue weighted by Gasteiger charge is -2.49. The number of nitrogens with one attached hydrogen (secondary N) is 1. The van der Waals surface area contributed by atoms with Crippen molar-refractivity contribution in [3.8, 4) is 17.2 Å². The number of carbonyl (C=O) groups excluding carboxylic acids is 3. The second kappa shape index (κ2) is 18.6. The highest BCUT2D eigenvalue weighted by Crippen LogP contribution is 2.58. The number of methoxy groups -OCH3 is 1. The van der Waals surface area contributed by atoms with E-state index in [4.69, 9.17) is 23.7 Å². The van der Waals surface area contributed by atoms with Gasteiger partial charge in [-0.25, -0.2) is 4.79 Å². The Labute approximate surface area is 372 Å². The molecule has 8 unspecified atom stereocenters. The number of rotatable bonds is 13. The lowest BCUT2D eigenvalue weighted by atomic mass is 9.66. The Hall–Kier alpha value is -4.83. The second-order valence-electron chi connectivity index (χ2n) is 18.4. The van der Waals surface area contributed by atoms with Gasteiger partial charge in [0.05, 0.1) is 42.6 Å². The first-order valence-corrected chi connectivity index (χ1v) is 23.0. The van der Waals surface area contributed by atoms with Crippen LogP contribution in [0.3, 0.4) is 0 Å². The minimum Gasteiger partial charge on any atom is -0.489 e. The molecule has 14 heteroatoms. The zero-order valence-corrected chi connectivity index (χ0v) is 36.7. The molecular weight excluding hydrogens is 821 g/mol. The molecular formula is C50H60N2O12. The number of likely N-dealkylation sites (tertiary alicyclic amines) is 1. The molecule has 64 heavy (non-hydrogen) atoms. The number of nitrogens with zero attached hydrogens (tertiary/aromatic N) is 1. The molecule has 3 fully saturated rings. The summed E-state index contributed by atoms with van der Waals surface area (Å²) >= 11 is 0. The zero-order valence-electron chi connectivity index (χ0n) is 36.7. The average molecular weight is 881 g/mol. The van der Waals surface area contributed by atoms with Gasteiger partial charge in [0.2, 0.25) is 5.76 Å². The van der Waals surface area contributed by atoms with E-state index in [0.29, 0.717) is 73.0 Å². The van der Waals surface area contributed by atoms with E-state index >= 15 is 0 Å². The number of allylic oxidation sites excluding steroid dienone is 3. The van der Waals surface area contributed by atoms with Crippen LogP contribution >= 0.6 is 0 Å². The Balaban J connectivity index is 1.21. The van der Waals surface area contributed by atoms with Gasteiger partial charge in [0, 0.05) is 80.3 Å². The third-order valence-electron chi connectivity index (χ3n) is 14.6. The summed E-state index contributed by atoms with van der Waals surface area (Å²) in [6.07, 6.45) is 9.59. The molecule has 6 aliphatic rings. The van der Waals surface area contributed by atoms with Crippen molar-refractivity contribution in [2.24, 2.45) is 17.8 Å². The highest BCUT2D eigenvalue weighted by Gasteiger charge is 2.54. The van der Waals surface area contributed by atoms with Gasteiger partial charge in [-0.3, -0.25) is 9.59 Å². The number of aromatic amines is 1. The Morgan fingerprint density at radius 1 is 1.11 bits per heavy atom. The van der Waals surface area contributed by atoms with Crippen molar-refractivity contribution in [3.05, 3.63) is 81.8 Å². The molecule has 0 spiro atoms. The third-order valence-corrected chi connectivity index (χ3v) is 14.6. The molecule has 342 valence electrons. The van der Waals surface area contributed by atoms with Crippen molar-refractivity contribution < 1.29 is 58.5 Å². The monoisotopic (exact) mass is 880 g/mol. The number of ketones is 1. The van der Waals surface area contributed by atoms with E-state index in [0.717, 1.165) is 48.9 Å². The minimum absolute atomic E-state index is 0.0122. The van der Waals surface area contributed by atoms with Gasteiger partial charge in [-0.2, -0.15) is 0 Å². The summed E-state index contributed by atoms with van der Waals surface area (Å²) in [5.74, 6) is -2.35. The minimum atomic E-state index is -1.29. The number of hydrogen-bond donors (Lipinski definition) is 5. The number of piperidine rings is 1. The number of ether oxygens (including phenoxy) is 5. The topological polar surface area (TPSA) is 197 Å². The molecule has 3 aliphatic carbocycles. The van der Waals surface area contributed by atoms with Crippen LogP contribution < -0.4 is 14.2 Å². The predicted octanol–water partition coefficient (Wildman–Crippen LogP) is 5.23. The average Bonchev–Trinajstić information content (AvgIpc) is 3.97. The van der Waals surface area contributed by atoms with E-state index < -0.39 is 54.9 Å². The van der Waals surface area contributed by atoms with Gasteiger partial charge < -0.3 is 54.0 Å². The maximum atomic E-state index is 14.2. The van der Waals surface area contributed by atoms with Crippen LogP contribution in [0.5, 0.6) is 17.2 Å². The summed E-state index contributed by atoms with van der Waals surface area (Å²) in [5.41, 5.74) is 2.30. The lowest BCUT2D eigenvalue weighted by molar-refractivity contribution is -0.141. The molecule has 8 atom stereocenters. The number of carbonyl (C=O) groups is 3. The number of aromatic nitrogens is 1. The molecule has 14 nitrogen and oxygen atoms in total. The fraction of sp³-hybridized carbons (Fsp3) is 0.540. The Bertz CT molecular complexity index is 2380. The van der Waals surface area contributed by atoms with E-state index in [2.05, 4.69) is 16.0 Å². The van der Waals surface area contributed by atoms with E-state index in [1.54, 1.807) is 14.0 Å². The number of fused-ring (bicyclic) bond motifs is 4. The molecule has 9 rings (SSSR count). The number of H-pyrrole nitrogens is 1. The van der Waals surface area contributed by atoms with Crippen molar-refractivity contribution in [1.29, 1.82) is 0 Å². The van der Waals surface area contributed by atoms with Gasteiger partial charge in [0.15, 0.2) is 6.29 Å². The van der Waals surface area contributed by atoms with Gasteiger partial charge in [-0.15, -0.1) is 0 Å². The third kappa shape index (κ3) is 8.00. The first-order valence-electron chi connectivity index (χ1n) is 23.0. The quantitative estimate of drug-likeness (QED) is 0.0649. The molecule has 3 aromatic rings. The molecule has 0 bridgehead atoms. The Morgan fingerprint density at radius 2 is 1.97 bits per heavy atom. The van der Waals surface area contributed by atoms with E-state index in [-0.39, 0.29) is 71.9 Å². The SMILES string of the molecule is CCOC(=O)C1=C(C=O)C(=C2CC(CO)C(=O)C(c3ccc4[nH]ccc4c3)C2)c2c(c(CO)c3c(c2OC2CCCC(O)C2)CC(C2(O)CC=CC4CN(CCCOC)CCC42)O3)O1. The predicted molar refractivity (Wildman–Crippen MR) is 236 cm³/mol. The van der Waals surface area contributed by atoms with Crippen LogP contribution in [0.4, 0.5) is 0 Å². The fourth-order valence-electron chi connectivity index (χ4n) is 11.5. The lowest BCUT2D eigenvalue weighted by Crippen LogP contribution is -2.58. The second-order valence-corrected chi connectivity index (χ2v) is 18.4. The molecule has 0 amide bonds. The maximum Gasteiger partial charge on any atom is 0.375 e. The van der Waals surface area contributed by atoms with E-state index in [9.17, 15) is 34.8 Å². The number of esters is 1. The van der Waals surface area contributed by atoms with Crippen molar-refractivity contribution in [3.63, 3.8) is 0 Å². The highest BCUT2D eigenvalue weighted by atomic mass is 16.6. The van der Waals surface area contributed by atoms with Crippen molar-refractivity contribution >= 4 is 34.5 Å². The molecule has 1 saturated heterocycles. The Kier molecular flexibility index (Phi) is 12.9. The number of hydrogen-bond acceptors (Lipinski definition) is 13. The molecule has 3 aliphatic heterocycles. The normalized spacial score (nSPS) is 30.3. The summed E-state index contributed by atoms with van der Waals surface area (Å²) in [6.45, 7) is 3.78. The molecule has 2 saturated carbocycles. The van der Waals surface area contributed by atoms with Gasteiger partial charge in [0.1, 0.15) is 40.8 Å². The number of Topliss-reactive ketones (excluding diaryl/α,β-unsaturated/α-hetero) is 1. The molecule has 0 radical (unpaired) electrons. The number of aldehydes is 1. The zero-order chi connectivity index (χ0) is 44.7. The summed E-state index contributed by atoms with van der Waals surface area (Å²) < 4.78 is 31.2. The van der Waals surface area contributed by atoms with Crippen molar-refractivity contribution in [2.45, 2.75) is 108 Å². The molecule has 2 aromatic carbocycles. The molecule has 5 N–H and O–H groups in total. The Morgan fingerprint density at radius 3 is 2.73 bits per heavy atom. The maximum absolute atomic E-state index is 14.2. The fourth-order valence-corrected chi connectivity index (χ4v) is 11.5. The number of aliphatic hydroxyl groups excluding tert-OH is 3. The van der Waals surface area contributed by atoms with Gasteiger partial charge >= 0.3 is 5.97 Å². The van der Waals surface area contributed by atoms with Crippen LogP contribution in [0.15, 0.2) is 59.5 Å². The van der Waals surface area contributed by atoms with Crippen LogP contribution in [0.1, 0.15) is 92.9 Å². The summed E-state index contributed by atoms with van der Waals surface area (Å²) in [7, 11) is 1.71. The van der Waals surface area contributed by atoms with Gasteiger partial charge in [0.25, 0.3) is 0 Å². The summed E-state index contributed by atoms with van der Waals surface area (Å²) in [5, 5.41) is 46.9. The number of benzene rings is 2. The van der Waals surface area contributed by atoms with Crippen molar-refractivity contribution in [2.75, 3.05) is 46.6 Å². The van der Waals surface area contributed by atoms with Crippen LogP contribution in [-0.2, 0) is 36.9 Å². The number of aliphatic hydroxyl groups is 4. The highest BCUT2D eigenvalue weighted by molar-refractivity contribution is 6.11. The van der Waals surface area contributed by atoms with E-state index in [1.165, 1.54) is 0 Å². The first kappa shape index (κ1) is 44.4. The van der Waals surface area contributed by atoms with Gasteiger partial charge in [-0.05, 0) is 99.9 Å². The van der Waals surface area contributed by atoms with Crippen LogP contribution in [-0.4, -0.2) is 119 Å².